The van der Waals surface area contributed by atoms with Crippen molar-refractivity contribution in [3.05, 3.63) is 60.7 Å². The molecule has 4 heterocycles. The first-order chi connectivity index (χ1) is 14.3. The number of pyridine rings is 1. The molecular weight excluding hydrogens is 384 g/mol. The van der Waals surface area contributed by atoms with Crippen LogP contribution in [-0.2, 0) is 11.8 Å². The molecule has 29 heavy (non-hydrogen) atoms. The molecule has 1 N–H and O–H groups in total. The number of nitrogens with zero attached hydrogens (tertiary/aromatic N) is 5. The van der Waals surface area contributed by atoms with Crippen molar-refractivity contribution in [2.45, 2.75) is 23.7 Å². The number of aromatic nitrogens is 5. The van der Waals surface area contributed by atoms with Crippen molar-refractivity contribution in [1.82, 2.24) is 24.5 Å². The normalized spacial score (nSPS) is 15.1. The second kappa shape index (κ2) is 7.88. The quantitative estimate of drug-likeness (QED) is 0.502. The Labute approximate surface area is 173 Å². The van der Waals surface area contributed by atoms with E-state index >= 15 is 0 Å². The van der Waals surface area contributed by atoms with E-state index in [1.165, 1.54) is 17.5 Å². The van der Waals surface area contributed by atoms with E-state index in [4.69, 9.17) is 4.74 Å². The lowest BCUT2D eigenvalue weighted by Crippen LogP contribution is -2.14. The molecule has 0 saturated carbocycles. The van der Waals surface area contributed by atoms with Gasteiger partial charge in [-0.1, -0.05) is 12.1 Å². The van der Waals surface area contributed by atoms with Crippen LogP contribution < -0.4 is 4.72 Å². The topological polar surface area (TPSA) is 69.8 Å². The Hall–Kier alpha value is -2.84. The van der Waals surface area contributed by atoms with Crippen LogP contribution >= 0.6 is 11.9 Å². The molecule has 4 aromatic rings. The van der Waals surface area contributed by atoms with E-state index in [1.807, 2.05) is 47.3 Å². The summed E-state index contributed by atoms with van der Waals surface area (Å²) in [4.78, 5) is 5.53. The molecule has 8 heteroatoms. The molecule has 0 amide bonds. The highest BCUT2D eigenvalue weighted by Crippen LogP contribution is 2.29. The molecule has 0 bridgehead atoms. The summed E-state index contributed by atoms with van der Waals surface area (Å²) in [5, 5.41) is 9.96. The van der Waals surface area contributed by atoms with E-state index < -0.39 is 0 Å². The van der Waals surface area contributed by atoms with Gasteiger partial charge in [0.05, 0.1) is 28.5 Å². The summed E-state index contributed by atoms with van der Waals surface area (Å²) in [7, 11) is 1.95. The number of nitrogens with one attached hydrogen (secondary N) is 1. The van der Waals surface area contributed by atoms with E-state index in [0.29, 0.717) is 5.92 Å². The van der Waals surface area contributed by atoms with Gasteiger partial charge in [-0.15, -0.1) is 0 Å². The van der Waals surface area contributed by atoms with Crippen molar-refractivity contribution in [3.63, 3.8) is 0 Å². The van der Waals surface area contributed by atoms with E-state index in [9.17, 15) is 0 Å². The number of aryl methyl sites for hydroxylation is 1. The van der Waals surface area contributed by atoms with Gasteiger partial charge in [0.1, 0.15) is 0 Å². The molecule has 5 rings (SSSR count). The smallest absolute Gasteiger partial charge is 0.153 e. The minimum absolute atomic E-state index is 0.538. The molecule has 0 unspecified atom stereocenters. The van der Waals surface area contributed by atoms with Gasteiger partial charge in [-0.05, 0) is 54.5 Å². The van der Waals surface area contributed by atoms with Crippen molar-refractivity contribution >= 4 is 28.5 Å². The van der Waals surface area contributed by atoms with Gasteiger partial charge in [0.15, 0.2) is 5.82 Å². The van der Waals surface area contributed by atoms with Gasteiger partial charge in [-0.2, -0.15) is 10.2 Å². The van der Waals surface area contributed by atoms with E-state index in [-0.39, 0.29) is 0 Å². The van der Waals surface area contributed by atoms with Gasteiger partial charge in [-0.25, -0.2) is 9.67 Å². The largest absolute Gasteiger partial charge is 0.381 e. The minimum atomic E-state index is 0.538. The number of fused-ring (bicyclic) bond motifs is 1. The summed E-state index contributed by atoms with van der Waals surface area (Å²) in [5.74, 6) is 1.38. The van der Waals surface area contributed by atoms with Crippen LogP contribution in [0.5, 0.6) is 0 Å². The molecular formula is C21H22N6OS. The third kappa shape index (κ3) is 3.73. The van der Waals surface area contributed by atoms with Crippen LogP contribution in [0.1, 0.15) is 24.3 Å². The molecule has 0 radical (unpaired) electrons. The van der Waals surface area contributed by atoms with E-state index in [2.05, 4.69) is 44.2 Å². The van der Waals surface area contributed by atoms with Gasteiger partial charge < -0.3 is 9.46 Å². The summed E-state index contributed by atoms with van der Waals surface area (Å²) in [6, 6.07) is 10.4. The Balaban J connectivity index is 1.32. The zero-order chi connectivity index (χ0) is 19.6. The summed E-state index contributed by atoms with van der Waals surface area (Å²) in [6.45, 7) is 1.67. The lowest BCUT2D eigenvalue weighted by Gasteiger charge is -2.22. The zero-order valence-electron chi connectivity index (χ0n) is 16.2. The average Bonchev–Trinajstić information content (AvgIpc) is 3.40. The number of rotatable bonds is 5. The Morgan fingerprint density at radius 3 is 2.93 bits per heavy atom. The van der Waals surface area contributed by atoms with Crippen molar-refractivity contribution in [2.75, 3.05) is 17.9 Å². The van der Waals surface area contributed by atoms with Crippen molar-refractivity contribution in [1.29, 1.82) is 0 Å². The number of hydrogen-bond acceptors (Lipinski definition) is 6. The maximum atomic E-state index is 5.48. The highest BCUT2D eigenvalue weighted by Gasteiger charge is 2.17. The van der Waals surface area contributed by atoms with Crippen LogP contribution in [0.25, 0.3) is 16.7 Å². The molecule has 1 aliphatic rings. The fourth-order valence-corrected chi connectivity index (χ4v) is 4.40. The number of hydrogen-bond donors (Lipinski definition) is 1. The molecule has 0 aliphatic carbocycles. The van der Waals surface area contributed by atoms with Crippen LogP contribution in [0, 0.1) is 0 Å². The number of benzene rings is 1. The molecule has 0 spiro atoms. The van der Waals surface area contributed by atoms with E-state index in [0.717, 1.165) is 53.4 Å². The van der Waals surface area contributed by atoms with Crippen LogP contribution in [0.3, 0.4) is 0 Å². The second-order valence-corrected chi connectivity index (χ2v) is 8.05. The standard InChI is InChI=1S/C21H22N6OS/c1-26-21-17(12-23-26)3-2-4-19(21)25-29-18-13-24-27(14-18)20-11-16(5-8-22-20)15-6-9-28-10-7-15/h2-5,8,11-15,25H,6-7,9-10H2,1H3. The first kappa shape index (κ1) is 18.2. The first-order valence-corrected chi connectivity index (χ1v) is 10.5. The lowest BCUT2D eigenvalue weighted by molar-refractivity contribution is 0.0853. The predicted octanol–water partition coefficient (Wildman–Crippen LogP) is 4.17. The summed E-state index contributed by atoms with van der Waals surface area (Å²) >= 11 is 1.53. The lowest BCUT2D eigenvalue weighted by atomic mass is 9.92. The Morgan fingerprint density at radius 2 is 2.03 bits per heavy atom. The summed E-state index contributed by atoms with van der Waals surface area (Å²) in [6.07, 6.45) is 9.72. The molecule has 0 atom stereocenters. The third-order valence-electron chi connectivity index (χ3n) is 5.30. The maximum absolute atomic E-state index is 5.48. The highest BCUT2D eigenvalue weighted by atomic mass is 32.2. The first-order valence-electron chi connectivity index (χ1n) is 9.70. The number of para-hydroxylation sites is 1. The second-order valence-electron chi connectivity index (χ2n) is 7.17. The maximum Gasteiger partial charge on any atom is 0.153 e. The van der Waals surface area contributed by atoms with Gasteiger partial charge >= 0.3 is 0 Å². The van der Waals surface area contributed by atoms with Gasteiger partial charge in [0.25, 0.3) is 0 Å². The molecule has 7 nitrogen and oxygen atoms in total. The third-order valence-corrected chi connectivity index (χ3v) is 6.06. The monoisotopic (exact) mass is 406 g/mol. The zero-order valence-corrected chi connectivity index (χ0v) is 17.0. The Kier molecular flexibility index (Phi) is 4.95. The van der Waals surface area contributed by atoms with Gasteiger partial charge in [0, 0.05) is 38.0 Å². The molecule has 1 saturated heterocycles. The molecule has 1 fully saturated rings. The van der Waals surface area contributed by atoms with Crippen LogP contribution in [0.2, 0.25) is 0 Å². The Morgan fingerprint density at radius 1 is 1.14 bits per heavy atom. The van der Waals surface area contributed by atoms with Crippen LogP contribution in [0.4, 0.5) is 5.69 Å². The van der Waals surface area contributed by atoms with Gasteiger partial charge in [-0.3, -0.25) is 4.68 Å². The molecule has 3 aromatic heterocycles. The summed E-state index contributed by atoms with van der Waals surface area (Å²) in [5.41, 5.74) is 3.42. The minimum Gasteiger partial charge on any atom is -0.381 e. The Bertz CT molecular complexity index is 1130. The van der Waals surface area contributed by atoms with Crippen LogP contribution in [-0.4, -0.2) is 37.8 Å². The SMILES string of the molecule is Cn1ncc2cccc(NSc3cnn(-c4cc(C5CCOCC5)ccn4)c3)c21. The fraction of sp³-hybridized carbons (Fsp3) is 0.286. The molecule has 148 valence electrons. The number of anilines is 1. The van der Waals surface area contributed by atoms with Crippen molar-refractivity contribution in [3.8, 4) is 5.82 Å². The van der Waals surface area contributed by atoms with Crippen molar-refractivity contribution in [2.24, 2.45) is 7.05 Å². The average molecular weight is 407 g/mol. The van der Waals surface area contributed by atoms with Crippen LogP contribution in [0.15, 0.2) is 60.0 Å². The summed E-state index contributed by atoms with van der Waals surface area (Å²) < 4.78 is 12.6. The van der Waals surface area contributed by atoms with Crippen molar-refractivity contribution < 1.29 is 4.74 Å². The molecule has 1 aliphatic heterocycles. The molecule has 1 aromatic carbocycles. The predicted molar refractivity (Wildman–Crippen MR) is 114 cm³/mol. The van der Waals surface area contributed by atoms with E-state index in [1.54, 1.807) is 0 Å². The fourth-order valence-electron chi connectivity index (χ4n) is 3.76. The highest BCUT2D eigenvalue weighted by molar-refractivity contribution is 8.00. The number of ether oxygens (including phenoxy) is 1. The van der Waals surface area contributed by atoms with Gasteiger partial charge in [0.2, 0.25) is 0 Å².